The first-order valence-electron chi connectivity index (χ1n) is 6.08. The molecule has 0 spiro atoms. The summed E-state index contributed by atoms with van der Waals surface area (Å²) >= 11 is 9.55. The number of aromatic nitrogens is 2. The largest absolute Gasteiger partial charge is 0.329 e. The third-order valence-corrected chi connectivity index (χ3v) is 3.75. The monoisotopic (exact) mass is 357 g/mol. The van der Waals surface area contributed by atoms with Crippen molar-refractivity contribution in [3.05, 3.63) is 49.7 Å². The Hall–Kier alpha value is -1.40. The Bertz CT molecular complexity index is 655. The minimum absolute atomic E-state index is 0.0255. The van der Waals surface area contributed by atoms with Crippen molar-refractivity contribution in [1.29, 1.82) is 0 Å². The van der Waals surface area contributed by atoms with Crippen LogP contribution >= 0.6 is 27.5 Å². The summed E-state index contributed by atoms with van der Waals surface area (Å²) in [5.41, 5.74) is 0.970. The zero-order valence-corrected chi connectivity index (χ0v) is 13.3. The lowest BCUT2D eigenvalue weighted by molar-refractivity contribution is -0.385. The van der Waals surface area contributed by atoms with Gasteiger partial charge in [-0.05, 0) is 34.0 Å². The molecule has 20 heavy (non-hydrogen) atoms. The van der Waals surface area contributed by atoms with Gasteiger partial charge in [-0.1, -0.05) is 37.6 Å². The zero-order chi connectivity index (χ0) is 14.9. The minimum Gasteiger partial charge on any atom is -0.258 e. The van der Waals surface area contributed by atoms with Gasteiger partial charge in [-0.15, -0.1) is 0 Å². The SMILES string of the molecule is CC(C)Cc1nn(-c2ccccc2Br)c(Cl)c1[N+](=O)[O-]. The van der Waals surface area contributed by atoms with Crippen molar-refractivity contribution >= 4 is 33.2 Å². The summed E-state index contributed by atoms with van der Waals surface area (Å²) in [5.74, 6) is 0.257. The molecular formula is C13H13BrClN3O2. The van der Waals surface area contributed by atoms with Crippen LogP contribution in [0.1, 0.15) is 19.5 Å². The quantitative estimate of drug-likeness (QED) is 0.601. The molecule has 7 heteroatoms. The Kier molecular flexibility index (Phi) is 4.45. The van der Waals surface area contributed by atoms with E-state index < -0.39 is 4.92 Å². The van der Waals surface area contributed by atoms with Crippen LogP contribution in [0.25, 0.3) is 5.69 Å². The number of hydrogen-bond donors (Lipinski definition) is 0. The molecule has 2 aromatic rings. The van der Waals surface area contributed by atoms with Crippen LogP contribution in [-0.4, -0.2) is 14.7 Å². The van der Waals surface area contributed by atoms with Gasteiger partial charge in [0.15, 0.2) is 0 Å². The lowest BCUT2D eigenvalue weighted by Crippen LogP contribution is -2.00. The van der Waals surface area contributed by atoms with Crippen LogP contribution < -0.4 is 0 Å². The standard InChI is InChI=1S/C13H13BrClN3O2/c1-8(2)7-10-12(18(19)20)13(15)17(16-10)11-6-4-3-5-9(11)14/h3-6,8H,7H2,1-2H3. The molecule has 0 saturated carbocycles. The Balaban J connectivity index is 2.61. The van der Waals surface area contributed by atoms with E-state index in [2.05, 4.69) is 21.0 Å². The van der Waals surface area contributed by atoms with Crippen LogP contribution in [0.15, 0.2) is 28.7 Å². The highest BCUT2D eigenvalue weighted by molar-refractivity contribution is 9.10. The molecule has 0 aliphatic heterocycles. The molecule has 0 bridgehead atoms. The Morgan fingerprint density at radius 2 is 2.10 bits per heavy atom. The van der Waals surface area contributed by atoms with Crippen LogP contribution in [0.3, 0.4) is 0 Å². The minimum atomic E-state index is -0.472. The molecule has 1 heterocycles. The van der Waals surface area contributed by atoms with Crippen LogP contribution in [0, 0.1) is 16.0 Å². The molecule has 0 radical (unpaired) electrons. The van der Waals surface area contributed by atoms with Crippen molar-refractivity contribution in [3.63, 3.8) is 0 Å². The van der Waals surface area contributed by atoms with Gasteiger partial charge in [0.1, 0.15) is 5.69 Å². The molecule has 0 amide bonds. The third-order valence-electron chi connectivity index (χ3n) is 2.74. The van der Waals surface area contributed by atoms with Crippen LogP contribution in [0.4, 0.5) is 5.69 Å². The fraction of sp³-hybridized carbons (Fsp3) is 0.308. The molecule has 1 aromatic carbocycles. The molecule has 5 nitrogen and oxygen atoms in total. The molecule has 0 saturated heterocycles. The predicted octanol–water partition coefficient (Wildman–Crippen LogP) is 4.39. The Morgan fingerprint density at radius 1 is 1.45 bits per heavy atom. The molecule has 0 aliphatic carbocycles. The summed E-state index contributed by atoms with van der Waals surface area (Å²) < 4.78 is 2.18. The maximum Gasteiger partial charge on any atom is 0.329 e. The van der Waals surface area contributed by atoms with E-state index in [1.165, 1.54) is 4.68 Å². The van der Waals surface area contributed by atoms with Gasteiger partial charge in [-0.25, -0.2) is 4.68 Å². The number of benzene rings is 1. The van der Waals surface area contributed by atoms with Gasteiger partial charge in [0, 0.05) is 10.9 Å². The lowest BCUT2D eigenvalue weighted by Gasteiger charge is -2.04. The van der Waals surface area contributed by atoms with Crippen molar-refractivity contribution < 1.29 is 4.92 Å². The Labute approximate surface area is 129 Å². The molecule has 0 atom stereocenters. The average molecular weight is 359 g/mol. The summed E-state index contributed by atoms with van der Waals surface area (Å²) in [6.07, 6.45) is 0.507. The van der Waals surface area contributed by atoms with Crippen LogP contribution in [0.2, 0.25) is 5.15 Å². The molecular weight excluding hydrogens is 346 g/mol. The van der Waals surface area contributed by atoms with Crippen molar-refractivity contribution in [2.24, 2.45) is 5.92 Å². The first kappa shape index (κ1) is 15.0. The second-order valence-electron chi connectivity index (χ2n) is 4.80. The maximum absolute atomic E-state index is 11.2. The van der Waals surface area contributed by atoms with E-state index in [1.807, 2.05) is 32.0 Å². The summed E-state index contributed by atoms with van der Waals surface area (Å²) in [5, 5.41) is 15.6. The number of para-hydroxylation sites is 1. The second-order valence-corrected chi connectivity index (χ2v) is 6.02. The first-order valence-corrected chi connectivity index (χ1v) is 7.25. The number of halogens is 2. The maximum atomic E-state index is 11.2. The highest BCUT2D eigenvalue weighted by Crippen LogP contribution is 2.33. The van der Waals surface area contributed by atoms with Gasteiger partial charge in [-0.3, -0.25) is 10.1 Å². The van der Waals surface area contributed by atoms with Crippen molar-refractivity contribution in [2.75, 3.05) is 0 Å². The summed E-state index contributed by atoms with van der Waals surface area (Å²) in [7, 11) is 0. The summed E-state index contributed by atoms with van der Waals surface area (Å²) in [4.78, 5) is 10.7. The number of nitro groups is 1. The van der Waals surface area contributed by atoms with Crippen LogP contribution in [-0.2, 0) is 6.42 Å². The topological polar surface area (TPSA) is 61.0 Å². The summed E-state index contributed by atoms with van der Waals surface area (Å²) in [6, 6.07) is 7.31. The van der Waals surface area contributed by atoms with E-state index in [-0.39, 0.29) is 16.8 Å². The molecule has 0 N–H and O–H groups in total. The van der Waals surface area contributed by atoms with Gasteiger partial charge >= 0.3 is 5.69 Å². The first-order chi connectivity index (χ1) is 9.41. The number of nitrogens with zero attached hydrogens (tertiary/aromatic N) is 3. The molecule has 0 unspecified atom stereocenters. The van der Waals surface area contributed by atoms with E-state index >= 15 is 0 Å². The Morgan fingerprint density at radius 3 is 2.65 bits per heavy atom. The van der Waals surface area contributed by atoms with Crippen LogP contribution in [0.5, 0.6) is 0 Å². The molecule has 1 aromatic heterocycles. The van der Waals surface area contributed by atoms with Gasteiger partial charge in [0.2, 0.25) is 5.15 Å². The predicted molar refractivity (Wildman–Crippen MR) is 81.5 cm³/mol. The fourth-order valence-corrected chi connectivity index (χ4v) is 2.68. The number of rotatable bonds is 4. The number of hydrogen-bond acceptors (Lipinski definition) is 3. The van der Waals surface area contributed by atoms with E-state index in [9.17, 15) is 10.1 Å². The van der Waals surface area contributed by atoms with E-state index in [0.717, 1.165) is 4.47 Å². The molecule has 0 fully saturated rings. The van der Waals surface area contributed by atoms with Gasteiger partial charge in [0.25, 0.3) is 0 Å². The smallest absolute Gasteiger partial charge is 0.258 e. The second kappa shape index (κ2) is 5.93. The normalized spacial score (nSPS) is 11.1. The van der Waals surface area contributed by atoms with E-state index in [1.54, 1.807) is 6.07 Å². The van der Waals surface area contributed by atoms with Gasteiger partial charge < -0.3 is 0 Å². The van der Waals surface area contributed by atoms with Gasteiger partial charge in [-0.2, -0.15) is 5.10 Å². The molecule has 106 valence electrons. The fourth-order valence-electron chi connectivity index (χ4n) is 1.92. The van der Waals surface area contributed by atoms with Gasteiger partial charge in [0.05, 0.1) is 10.6 Å². The molecule has 2 rings (SSSR count). The zero-order valence-electron chi connectivity index (χ0n) is 11.0. The highest BCUT2D eigenvalue weighted by Gasteiger charge is 2.28. The van der Waals surface area contributed by atoms with Crippen molar-refractivity contribution in [2.45, 2.75) is 20.3 Å². The lowest BCUT2D eigenvalue weighted by atomic mass is 10.1. The molecule has 0 aliphatic rings. The average Bonchev–Trinajstić information content (AvgIpc) is 2.66. The van der Waals surface area contributed by atoms with E-state index in [4.69, 9.17) is 11.6 Å². The van der Waals surface area contributed by atoms with Crippen molar-refractivity contribution in [3.8, 4) is 5.69 Å². The highest BCUT2D eigenvalue weighted by atomic mass is 79.9. The third kappa shape index (κ3) is 2.86. The van der Waals surface area contributed by atoms with Crippen molar-refractivity contribution in [1.82, 2.24) is 9.78 Å². The summed E-state index contributed by atoms with van der Waals surface area (Å²) in [6.45, 7) is 3.96. The van der Waals surface area contributed by atoms with E-state index in [0.29, 0.717) is 17.8 Å².